The number of para-hydroxylation sites is 1. The van der Waals surface area contributed by atoms with Crippen LogP contribution in [0.25, 0.3) is 32.6 Å². The molecule has 0 saturated carbocycles. The molecular weight excluding hydrogens is 881 g/mol. The van der Waals surface area contributed by atoms with Crippen LogP contribution in [0.2, 0.25) is 0 Å². The van der Waals surface area contributed by atoms with E-state index in [4.69, 9.17) is 0 Å². The molecule has 0 aliphatic carbocycles. The van der Waals surface area contributed by atoms with Gasteiger partial charge in [-0.25, -0.2) is 15.0 Å². The molecule has 0 radical (unpaired) electrons. The lowest BCUT2D eigenvalue weighted by Crippen LogP contribution is -2.58. The third-order valence-electron chi connectivity index (χ3n) is 11.7. The standard InChI is InChI=1S/C51H52N10O6S/c1-29(31-13-15-32(16-14-31)46-30(2)55-28-68-46)56-49(66)42-22-37(62)26-61(42)50(67)47(51(3,4)5)60-45(64)24-44(63)58-34-19-17-33(18-20-34)48(65)59-36-10-8-9-35(21-36)57-43-23-41(53-27-54-43)39-25-52-40-12-7-6-11-38(39)40/h6-21,23,25,27-29,37,42,47,52,62H,22,24,26H2,1-5H3,(H,56,66)(H,58,63)(H,59,65)(H,60,64)(H,53,54,57)/t29-,37+,42-,47+/m0/s1. The molecule has 1 saturated heterocycles. The predicted molar refractivity (Wildman–Crippen MR) is 263 cm³/mol. The van der Waals surface area contributed by atoms with E-state index in [-0.39, 0.29) is 18.9 Å². The molecule has 68 heavy (non-hydrogen) atoms. The van der Waals surface area contributed by atoms with Gasteiger partial charge in [0.1, 0.15) is 30.6 Å². The van der Waals surface area contributed by atoms with Crippen molar-refractivity contribution in [2.24, 2.45) is 5.41 Å². The molecule has 4 atom stereocenters. The number of carbonyl (C=O) groups is 5. The number of aliphatic hydroxyl groups is 1. The Bertz CT molecular complexity index is 2980. The molecule has 4 heterocycles. The van der Waals surface area contributed by atoms with Crippen LogP contribution >= 0.6 is 11.3 Å². The van der Waals surface area contributed by atoms with Gasteiger partial charge in [-0.3, -0.25) is 24.0 Å². The number of aliphatic hydroxyl groups excluding tert-OH is 1. The molecule has 7 aromatic rings. The Kier molecular flexibility index (Phi) is 13.8. The van der Waals surface area contributed by atoms with Crippen molar-refractivity contribution in [1.82, 2.24) is 35.5 Å². The van der Waals surface area contributed by atoms with Gasteiger partial charge in [-0.15, -0.1) is 11.3 Å². The van der Waals surface area contributed by atoms with Gasteiger partial charge in [0.25, 0.3) is 5.91 Å². The van der Waals surface area contributed by atoms with Gasteiger partial charge in [0.05, 0.1) is 33.9 Å². The van der Waals surface area contributed by atoms with Crippen molar-refractivity contribution in [2.45, 2.75) is 71.7 Å². The number of fused-ring (bicyclic) bond motifs is 1. The Morgan fingerprint density at radius 3 is 2.32 bits per heavy atom. The third-order valence-corrected chi connectivity index (χ3v) is 12.7. The van der Waals surface area contributed by atoms with Crippen LogP contribution in [0, 0.1) is 12.3 Å². The molecule has 17 heteroatoms. The molecule has 1 aliphatic rings. The number of hydrogen-bond acceptors (Lipinski definition) is 11. The van der Waals surface area contributed by atoms with Crippen LogP contribution in [0.1, 0.15) is 68.2 Å². The van der Waals surface area contributed by atoms with E-state index in [1.807, 2.05) is 80.7 Å². The van der Waals surface area contributed by atoms with E-state index < -0.39 is 59.7 Å². The number of nitrogens with one attached hydrogen (secondary N) is 6. The van der Waals surface area contributed by atoms with Gasteiger partial charge >= 0.3 is 0 Å². The van der Waals surface area contributed by atoms with Crippen molar-refractivity contribution in [1.29, 1.82) is 0 Å². The largest absolute Gasteiger partial charge is 0.391 e. The van der Waals surface area contributed by atoms with Gasteiger partial charge in [0, 0.05) is 64.3 Å². The summed E-state index contributed by atoms with van der Waals surface area (Å²) in [5.74, 6) is -2.12. The monoisotopic (exact) mass is 932 g/mol. The number of rotatable bonds is 14. The average molecular weight is 933 g/mol. The number of hydrogen-bond donors (Lipinski definition) is 7. The fourth-order valence-electron chi connectivity index (χ4n) is 8.17. The minimum Gasteiger partial charge on any atom is -0.391 e. The summed E-state index contributed by atoms with van der Waals surface area (Å²) in [6, 6.07) is 28.6. The average Bonchev–Trinajstić information content (AvgIpc) is 4.06. The Balaban J connectivity index is 0.830. The van der Waals surface area contributed by atoms with Crippen molar-refractivity contribution in [3.63, 3.8) is 0 Å². The summed E-state index contributed by atoms with van der Waals surface area (Å²) in [5, 5.41) is 26.3. The second kappa shape index (κ2) is 20.0. The minimum atomic E-state index is -1.12. The van der Waals surface area contributed by atoms with Crippen molar-refractivity contribution in [2.75, 3.05) is 22.5 Å². The first kappa shape index (κ1) is 46.8. The third kappa shape index (κ3) is 10.9. The number of aromatic amines is 1. The predicted octanol–water partition coefficient (Wildman–Crippen LogP) is 7.75. The summed E-state index contributed by atoms with van der Waals surface area (Å²) in [6.07, 6.45) is 1.90. The maximum Gasteiger partial charge on any atom is 0.255 e. The van der Waals surface area contributed by atoms with Gasteiger partial charge in [-0.2, -0.15) is 0 Å². The topological polar surface area (TPSA) is 223 Å². The van der Waals surface area contributed by atoms with Crippen molar-refractivity contribution >= 4 is 74.7 Å². The highest BCUT2D eigenvalue weighted by Crippen LogP contribution is 2.31. The van der Waals surface area contributed by atoms with Crippen LogP contribution in [0.4, 0.5) is 22.9 Å². The molecule has 16 nitrogen and oxygen atoms in total. The first-order valence-corrected chi connectivity index (χ1v) is 23.0. The first-order valence-electron chi connectivity index (χ1n) is 22.1. The molecule has 348 valence electrons. The Hall–Kier alpha value is -7.76. The van der Waals surface area contributed by atoms with Gasteiger partial charge in [0.15, 0.2) is 0 Å². The molecule has 0 bridgehead atoms. The minimum absolute atomic E-state index is 0.0336. The normalized spacial score (nSPS) is 15.6. The van der Waals surface area contributed by atoms with Crippen molar-refractivity contribution in [3.8, 4) is 21.7 Å². The molecule has 5 amide bonds. The zero-order valence-corrected chi connectivity index (χ0v) is 39.0. The number of likely N-dealkylation sites (tertiary alicyclic amines) is 1. The van der Waals surface area contributed by atoms with Gasteiger partial charge in [0.2, 0.25) is 23.6 Å². The molecular formula is C51H52N10O6S. The smallest absolute Gasteiger partial charge is 0.255 e. The summed E-state index contributed by atoms with van der Waals surface area (Å²) in [4.78, 5) is 86.3. The number of amides is 5. The number of carbonyl (C=O) groups excluding carboxylic acids is 5. The summed E-state index contributed by atoms with van der Waals surface area (Å²) in [5.41, 5.74) is 8.43. The van der Waals surface area contributed by atoms with E-state index in [9.17, 15) is 29.1 Å². The quantitative estimate of drug-likeness (QED) is 0.0525. The number of nitrogens with zero attached hydrogens (tertiary/aromatic N) is 4. The van der Waals surface area contributed by atoms with Crippen LogP contribution in [0.15, 0.2) is 121 Å². The lowest BCUT2D eigenvalue weighted by Gasteiger charge is -2.35. The van der Waals surface area contributed by atoms with E-state index in [0.29, 0.717) is 28.4 Å². The summed E-state index contributed by atoms with van der Waals surface area (Å²) >= 11 is 1.56. The van der Waals surface area contributed by atoms with Gasteiger partial charge in [-0.05, 0) is 78.9 Å². The fraction of sp³-hybridized carbons (Fsp3) is 0.255. The highest BCUT2D eigenvalue weighted by Gasteiger charge is 2.45. The zero-order valence-electron chi connectivity index (χ0n) is 38.2. The summed E-state index contributed by atoms with van der Waals surface area (Å²) in [7, 11) is 0. The van der Waals surface area contributed by atoms with E-state index in [1.54, 1.807) is 80.1 Å². The SMILES string of the molecule is Cc1ncsc1-c1ccc([C@H](C)NC(=O)[C@@H]2C[C@@H](O)CN2C(=O)[C@@H](NC(=O)CC(=O)Nc2ccc(C(=O)Nc3cccc(Nc4cc(-c5c[nH]c6ccccc56)ncn4)c3)cc2)C(C)(C)C)cc1. The second-order valence-corrected chi connectivity index (χ2v) is 18.7. The Morgan fingerprint density at radius 2 is 1.59 bits per heavy atom. The van der Waals surface area contributed by atoms with Crippen LogP contribution in [-0.4, -0.2) is 84.2 Å². The van der Waals surface area contributed by atoms with Crippen LogP contribution in [0.5, 0.6) is 0 Å². The van der Waals surface area contributed by atoms with Crippen LogP contribution < -0.4 is 26.6 Å². The molecule has 0 unspecified atom stereocenters. The number of benzene rings is 4. The number of β-amino-alcohol motifs (C(OH)–C–C–N with tert-alkyl or cyclic N) is 1. The second-order valence-electron chi connectivity index (χ2n) is 17.9. The maximum absolute atomic E-state index is 14.1. The number of anilines is 4. The maximum atomic E-state index is 14.1. The number of thiazole rings is 1. The van der Waals surface area contributed by atoms with Gasteiger partial charge < -0.3 is 41.6 Å². The first-order chi connectivity index (χ1) is 32.6. The van der Waals surface area contributed by atoms with E-state index in [1.165, 1.54) is 11.2 Å². The Morgan fingerprint density at radius 1 is 0.838 bits per heavy atom. The molecule has 7 N–H and O–H groups in total. The van der Waals surface area contributed by atoms with Crippen molar-refractivity contribution in [3.05, 3.63) is 138 Å². The number of aromatic nitrogens is 4. The van der Waals surface area contributed by atoms with Crippen LogP contribution in [-0.2, 0) is 19.2 Å². The highest BCUT2D eigenvalue weighted by atomic mass is 32.1. The highest BCUT2D eigenvalue weighted by molar-refractivity contribution is 7.13. The molecule has 4 aromatic carbocycles. The van der Waals surface area contributed by atoms with E-state index in [2.05, 4.69) is 46.5 Å². The summed E-state index contributed by atoms with van der Waals surface area (Å²) in [6.45, 7) is 9.02. The molecule has 3 aromatic heterocycles. The number of aryl methyl sites for hydroxylation is 1. The van der Waals surface area contributed by atoms with Crippen LogP contribution in [0.3, 0.4) is 0 Å². The molecule has 1 fully saturated rings. The lowest BCUT2D eigenvalue weighted by molar-refractivity contribution is -0.144. The summed E-state index contributed by atoms with van der Waals surface area (Å²) < 4.78 is 0. The van der Waals surface area contributed by atoms with Crippen molar-refractivity contribution < 1.29 is 29.1 Å². The zero-order chi connectivity index (χ0) is 48.1. The fourth-order valence-corrected chi connectivity index (χ4v) is 8.98. The van der Waals surface area contributed by atoms with Gasteiger partial charge in [-0.1, -0.05) is 69.3 Å². The number of H-pyrrole nitrogens is 1. The van der Waals surface area contributed by atoms with E-state index >= 15 is 0 Å². The molecule has 0 spiro atoms. The molecule has 1 aliphatic heterocycles. The molecule has 8 rings (SSSR count). The van der Waals surface area contributed by atoms with E-state index in [0.717, 1.165) is 43.9 Å². The lowest BCUT2D eigenvalue weighted by atomic mass is 9.85. The Labute approximate surface area is 397 Å².